The highest BCUT2D eigenvalue weighted by Crippen LogP contribution is 2.40. The number of aliphatic imine (C=N–C) groups is 1. The minimum absolute atomic E-state index is 0.137. The van der Waals surface area contributed by atoms with Gasteiger partial charge in [-0.25, -0.2) is 4.99 Å². The second-order valence-corrected chi connectivity index (χ2v) is 7.19. The standard InChI is InChI=1S/C15H13Cl2N3OS/c1-15(13(21)20(2)14(18)19-15)12-4-3-11(22-12)8-5-9(16)7-10(17)6-8/h3-7H,1-2H3,(H2,18,19). The Morgan fingerprint density at radius 2 is 1.86 bits per heavy atom. The predicted molar refractivity (Wildman–Crippen MR) is 91.5 cm³/mol. The summed E-state index contributed by atoms with van der Waals surface area (Å²) in [7, 11) is 1.62. The van der Waals surface area contributed by atoms with E-state index in [2.05, 4.69) is 4.99 Å². The number of hydrogen-bond acceptors (Lipinski definition) is 4. The lowest BCUT2D eigenvalue weighted by Gasteiger charge is -2.18. The smallest absolute Gasteiger partial charge is 0.262 e. The largest absolute Gasteiger partial charge is 0.369 e. The number of guanidine groups is 1. The van der Waals surface area contributed by atoms with E-state index in [1.54, 1.807) is 20.0 Å². The molecule has 0 saturated heterocycles. The molecular formula is C15H13Cl2N3OS. The molecule has 1 aliphatic rings. The van der Waals surface area contributed by atoms with E-state index in [4.69, 9.17) is 28.9 Å². The van der Waals surface area contributed by atoms with Gasteiger partial charge in [-0.1, -0.05) is 23.2 Å². The van der Waals surface area contributed by atoms with Gasteiger partial charge < -0.3 is 5.73 Å². The summed E-state index contributed by atoms with van der Waals surface area (Å²) in [6.45, 7) is 1.77. The highest BCUT2D eigenvalue weighted by molar-refractivity contribution is 7.15. The summed E-state index contributed by atoms with van der Waals surface area (Å²) in [6, 6.07) is 9.19. The Hall–Kier alpha value is -1.56. The Kier molecular flexibility index (Phi) is 3.67. The SMILES string of the molecule is CN1C(=O)C(C)(c2ccc(-c3cc(Cl)cc(Cl)c3)s2)N=C1N. The Morgan fingerprint density at radius 1 is 1.23 bits per heavy atom. The number of halogens is 2. The molecule has 0 fully saturated rings. The predicted octanol–water partition coefficient (Wildman–Crippen LogP) is 3.72. The molecule has 1 amide bonds. The fourth-order valence-corrected chi connectivity index (χ4v) is 4.00. The van der Waals surface area contributed by atoms with E-state index in [0.717, 1.165) is 15.3 Å². The summed E-state index contributed by atoms with van der Waals surface area (Å²) in [4.78, 5) is 19.9. The number of thiophene rings is 1. The molecule has 1 atom stereocenters. The molecule has 0 radical (unpaired) electrons. The van der Waals surface area contributed by atoms with E-state index < -0.39 is 5.54 Å². The molecule has 2 aromatic rings. The van der Waals surface area contributed by atoms with Gasteiger partial charge in [0.1, 0.15) is 0 Å². The normalized spacial score (nSPS) is 21.4. The van der Waals surface area contributed by atoms with Crippen molar-refractivity contribution in [2.45, 2.75) is 12.5 Å². The molecule has 1 unspecified atom stereocenters. The number of carbonyl (C=O) groups is 1. The van der Waals surface area contributed by atoms with Crippen LogP contribution in [0.5, 0.6) is 0 Å². The number of carbonyl (C=O) groups excluding carboxylic acids is 1. The number of amides is 1. The lowest BCUT2D eigenvalue weighted by molar-refractivity contribution is -0.129. The van der Waals surface area contributed by atoms with Crippen LogP contribution in [0.4, 0.5) is 0 Å². The summed E-state index contributed by atoms with van der Waals surface area (Å²) < 4.78 is 0. The van der Waals surface area contributed by atoms with E-state index in [1.165, 1.54) is 16.2 Å². The third kappa shape index (κ3) is 2.39. The molecule has 0 saturated carbocycles. The van der Waals surface area contributed by atoms with Crippen LogP contribution in [0.3, 0.4) is 0 Å². The van der Waals surface area contributed by atoms with Crippen molar-refractivity contribution in [3.8, 4) is 10.4 Å². The van der Waals surface area contributed by atoms with Crippen LogP contribution in [0.25, 0.3) is 10.4 Å². The van der Waals surface area contributed by atoms with E-state index in [9.17, 15) is 4.79 Å². The molecule has 114 valence electrons. The van der Waals surface area contributed by atoms with E-state index in [1.807, 2.05) is 24.3 Å². The molecular weight excluding hydrogens is 341 g/mol. The number of hydrogen-bond donors (Lipinski definition) is 1. The summed E-state index contributed by atoms with van der Waals surface area (Å²) >= 11 is 13.6. The summed E-state index contributed by atoms with van der Waals surface area (Å²) in [5.74, 6) is 0.0933. The molecule has 3 rings (SSSR count). The van der Waals surface area contributed by atoms with Gasteiger partial charge in [0.2, 0.25) is 0 Å². The molecule has 22 heavy (non-hydrogen) atoms. The Balaban J connectivity index is 2.03. The Labute approximate surface area is 142 Å². The second-order valence-electron chi connectivity index (χ2n) is 5.23. The highest BCUT2D eigenvalue weighted by Gasteiger charge is 2.44. The maximum Gasteiger partial charge on any atom is 0.262 e. The number of rotatable bonds is 2. The van der Waals surface area contributed by atoms with Gasteiger partial charge in [0.05, 0.1) is 0 Å². The quantitative estimate of drug-likeness (QED) is 0.894. The third-order valence-electron chi connectivity index (χ3n) is 3.64. The lowest BCUT2D eigenvalue weighted by atomic mass is 10.0. The minimum atomic E-state index is -0.968. The Morgan fingerprint density at radius 3 is 2.41 bits per heavy atom. The zero-order valence-corrected chi connectivity index (χ0v) is 14.3. The van der Waals surface area contributed by atoms with Gasteiger partial charge >= 0.3 is 0 Å². The average molecular weight is 354 g/mol. The summed E-state index contributed by atoms with van der Waals surface area (Å²) in [5.41, 5.74) is 5.71. The highest BCUT2D eigenvalue weighted by atomic mass is 35.5. The molecule has 0 spiro atoms. The van der Waals surface area contributed by atoms with Gasteiger partial charge in [-0.15, -0.1) is 11.3 Å². The molecule has 1 aliphatic heterocycles. The van der Waals surface area contributed by atoms with E-state index >= 15 is 0 Å². The van der Waals surface area contributed by atoms with Crippen LogP contribution >= 0.6 is 34.5 Å². The van der Waals surface area contributed by atoms with Crippen molar-refractivity contribution in [3.05, 3.63) is 45.3 Å². The van der Waals surface area contributed by atoms with Gasteiger partial charge in [0.25, 0.3) is 5.91 Å². The molecule has 0 aliphatic carbocycles. The first-order valence-corrected chi connectivity index (χ1v) is 8.09. The molecule has 1 aromatic carbocycles. The molecule has 2 N–H and O–H groups in total. The topological polar surface area (TPSA) is 58.7 Å². The Bertz CT molecular complexity index is 782. The van der Waals surface area contributed by atoms with Crippen molar-refractivity contribution < 1.29 is 4.79 Å². The van der Waals surface area contributed by atoms with E-state index in [-0.39, 0.29) is 11.9 Å². The van der Waals surface area contributed by atoms with Gasteiger partial charge in [-0.05, 0) is 42.8 Å². The van der Waals surface area contributed by atoms with Crippen molar-refractivity contribution in [3.63, 3.8) is 0 Å². The van der Waals surface area contributed by atoms with Gasteiger partial charge in [0.15, 0.2) is 11.5 Å². The fraction of sp³-hybridized carbons (Fsp3) is 0.200. The van der Waals surface area contributed by atoms with Gasteiger partial charge in [0, 0.05) is 26.8 Å². The van der Waals surface area contributed by atoms with Crippen LogP contribution in [-0.4, -0.2) is 23.8 Å². The van der Waals surface area contributed by atoms with Crippen LogP contribution < -0.4 is 5.73 Å². The average Bonchev–Trinajstić information content (AvgIpc) is 3.00. The molecule has 4 nitrogen and oxygen atoms in total. The zero-order valence-electron chi connectivity index (χ0n) is 11.9. The van der Waals surface area contributed by atoms with Crippen molar-refractivity contribution >= 4 is 46.4 Å². The van der Waals surface area contributed by atoms with E-state index in [0.29, 0.717) is 10.0 Å². The first-order chi connectivity index (χ1) is 10.3. The van der Waals surface area contributed by atoms with Crippen LogP contribution in [0.15, 0.2) is 35.3 Å². The van der Waals surface area contributed by atoms with Crippen LogP contribution in [-0.2, 0) is 10.3 Å². The number of nitrogens with zero attached hydrogens (tertiary/aromatic N) is 2. The lowest BCUT2D eigenvalue weighted by Crippen LogP contribution is -2.38. The fourth-order valence-electron chi connectivity index (χ4n) is 2.39. The van der Waals surface area contributed by atoms with Crippen molar-refractivity contribution in [2.75, 3.05) is 7.05 Å². The van der Waals surface area contributed by atoms with Gasteiger partial charge in [-0.3, -0.25) is 9.69 Å². The van der Waals surface area contributed by atoms with Crippen LogP contribution in [0.1, 0.15) is 11.8 Å². The van der Waals surface area contributed by atoms with Crippen molar-refractivity contribution in [2.24, 2.45) is 10.7 Å². The maximum absolute atomic E-state index is 12.4. The zero-order chi connectivity index (χ0) is 16.1. The first kappa shape index (κ1) is 15.3. The number of likely N-dealkylation sites (N-methyl/N-ethyl adjacent to an activating group) is 1. The summed E-state index contributed by atoms with van der Waals surface area (Å²) in [5, 5.41) is 1.14. The number of nitrogens with two attached hydrogens (primary N) is 1. The van der Waals surface area contributed by atoms with Gasteiger partial charge in [-0.2, -0.15) is 0 Å². The van der Waals surface area contributed by atoms with Crippen LogP contribution in [0, 0.1) is 0 Å². The molecule has 0 bridgehead atoms. The third-order valence-corrected chi connectivity index (χ3v) is 5.42. The first-order valence-electron chi connectivity index (χ1n) is 6.51. The molecule has 1 aromatic heterocycles. The van der Waals surface area contributed by atoms with Crippen molar-refractivity contribution in [1.82, 2.24) is 4.90 Å². The minimum Gasteiger partial charge on any atom is -0.369 e. The summed E-state index contributed by atoms with van der Waals surface area (Å²) in [6.07, 6.45) is 0. The monoisotopic (exact) mass is 353 g/mol. The van der Waals surface area contributed by atoms with Crippen LogP contribution in [0.2, 0.25) is 10.0 Å². The van der Waals surface area contributed by atoms with Crippen molar-refractivity contribution in [1.29, 1.82) is 0 Å². The molecule has 7 heteroatoms. The maximum atomic E-state index is 12.4. The second kappa shape index (κ2) is 5.26. The number of benzene rings is 1. The molecule has 2 heterocycles.